The van der Waals surface area contributed by atoms with Gasteiger partial charge in [-0.15, -0.1) is 12.4 Å². The van der Waals surface area contributed by atoms with E-state index in [4.69, 9.17) is 18.9 Å². The highest BCUT2D eigenvalue weighted by Gasteiger charge is 2.20. The lowest BCUT2D eigenvalue weighted by Gasteiger charge is -2.32. The Morgan fingerprint density at radius 1 is 1.00 bits per heavy atom. The Labute approximate surface area is 228 Å². The summed E-state index contributed by atoms with van der Waals surface area (Å²) in [7, 11) is 2.89. The maximum Gasteiger partial charge on any atom is 0.338 e. The van der Waals surface area contributed by atoms with Crippen molar-refractivity contribution in [1.29, 1.82) is 0 Å². The summed E-state index contributed by atoms with van der Waals surface area (Å²) < 4.78 is 23.3. The van der Waals surface area contributed by atoms with Gasteiger partial charge in [-0.3, -0.25) is 4.79 Å². The second-order valence-corrected chi connectivity index (χ2v) is 9.40. The number of pyridine rings is 1. The molecule has 38 heavy (non-hydrogen) atoms. The number of aromatic nitrogens is 1. The second-order valence-electron chi connectivity index (χ2n) is 9.40. The van der Waals surface area contributed by atoms with Crippen molar-refractivity contribution in [3.8, 4) is 17.2 Å². The van der Waals surface area contributed by atoms with E-state index in [1.54, 1.807) is 29.9 Å². The van der Waals surface area contributed by atoms with Gasteiger partial charge in [0, 0.05) is 43.2 Å². The number of halogens is 1. The molecule has 2 aliphatic rings. The number of carbonyl (C=O) groups excluding carboxylic acids is 1. The molecule has 3 heterocycles. The Morgan fingerprint density at radius 2 is 1.76 bits per heavy atom. The number of benzene rings is 2. The molecule has 0 bridgehead atoms. The molecule has 0 amide bonds. The third kappa shape index (κ3) is 6.06. The SMILES string of the molecule is COC(=O)c1cc(OC)cc2c1ccc(=O)n2CCN1CCC(NCc2ccc3c(c2)OCCO3)CC1.Cl. The molecule has 2 aromatic carbocycles. The van der Waals surface area contributed by atoms with E-state index in [1.807, 2.05) is 6.07 Å². The highest BCUT2D eigenvalue weighted by atomic mass is 35.5. The summed E-state index contributed by atoms with van der Waals surface area (Å²) in [5.74, 6) is 1.69. The Bertz CT molecular complexity index is 1340. The van der Waals surface area contributed by atoms with Crippen LogP contribution in [0, 0.1) is 0 Å². The Balaban J connectivity index is 0.00000336. The van der Waals surface area contributed by atoms with E-state index in [0.29, 0.717) is 48.0 Å². The van der Waals surface area contributed by atoms with Crippen molar-refractivity contribution >= 4 is 29.3 Å². The molecular weight excluding hydrogens is 510 g/mol. The van der Waals surface area contributed by atoms with Gasteiger partial charge in [0.15, 0.2) is 11.5 Å². The van der Waals surface area contributed by atoms with Crippen LogP contribution >= 0.6 is 12.4 Å². The third-order valence-corrected chi connectivity index (χ3v) is 7.15. The molecule has 0 unspecified atom stereocenters. The molecule has 5 rings (SSSR count). The number of fused-ring (bicyclic) bond motifs is 2. The smallest absolute Gasteiger partial charge is 0.338 e. The number of nitrogens with zero attached hydrogens (tertiary/aromatic N) is 2. The molecule has 1 aromatic heterocycles. The Kier molecular flexibility index (Phi) is 9.14. The predicted octanol–water partition coefficient (Wildman–Crippen LogP) is 3.24. The molecule has 1 fully saturated rings. The molecule has 0 atom stereocenters. The van der Waals surface area contributed by atoms with Gasteiger partial charge in [-0.1, -0.05) is 6.07 Å². The molecule has 0 spiro atoms. The zero-order valence-corrected chi connectivity index (χ0v) is 22.6. The van der Waals surface area contributed by atoms with E-state index >= 15 is 0 Å². The van der Waals surface area contributed by atoms with E-state index in [1.165, 1.54) is 18.7 Å². The van der Waals surface area contributed by atoms with Gasteiger partial charge in [-0.25, -0.2) is 4.79 Å². The van der Waals surface area contributed by atoms with E-state index in [9.17, 15) is 9.59 Å². The first-order valence-corrected chi connectivity index (χ1v) is 12.7. The molecule has 0 aliphatic carbocycles. The van der Waals surface area contributed by atoms with Gasteiger partial charge in [-0.05, 0) is 55.8 Å². The lowest BCUT2D eigenvalue weighted by molar-refractivity contribution is 0.0602. The van der Waals surface area contributed by atoms with Crippen molar-refractivity contribution in [2.24, 2.45) is 0 Å². The molecule has 10 heteroatoms. The molecule has 1 N–H and O–H groups in total. The van der Waals surface area contributed by atoms with Crippen LogP contribution in [0.15, 0.2) is 47.3 Å². The minimum absolute atomic E-state index is 0. The van der Waals surface area contributed by atoms with Crippen LogP contribution in [-0.4, -0.2) is 68.5 Å². The predicted molar refractivity (Wildman–Crippen MR) is 147 cm³/mol. The summed E-state index contributed by atoms with van der Waals surface area (Å²) in [6.07, 6.45) is 2.07. The lowest BCUT2D eigenvalue weighted by Crippen LogP contribution is -2.43. The highest BCUT2D eigenvalue weighted by molar-refractivity contribution is 6.04. The molecule has 2 aliphatic heterocycles. The number of rotatable bonds is 8. The summed E-state index contributed by atoms with van der Waals surface area (Å²) >= 11 is 0. The number of hydrogen-bond donors (Lipinski definition) is 1. The number of carbonyl (C=O) groups is 1. The molecule has 3 aromatic rings. The third-order valence-electron chi connectivity index (χ3n) is 7.15. The van der Waals surface area contributed by atoms with Gasteiger partial charge < -0.3 is 33.7 Å². The van der Waals surface area contributed by atoms with E-state index in [-0.39, 0.29) is 18.0 Å². The first-order chi connectivity index (χ1) is 18.1. The van der Waals surface area contributed by atoms with Gasteiger partial charge in [0.1, 0.15) is 19.0 Å². The number of ether oxygens (including phenoxy) is 4. The topological polar surface area (TPSA) is 91.3 Å². The summed E-state index contributed by atoms with van der Waals surface area (Å²) in [6.45, 7) is 5.16. The average molecular weight is 544 g/mol. The first kappa shape index (κ1) is 27.8. The first-order valence-electron chi connectivity index (χ1n) is 12.7. The van der Waals surface area contributed by atoms with Crippen LogP contribution in [0.1, 0.15) is 28.8 Å². The van der Waals surface area contributed by atoms with Crippen molar-refractivity contribution < 1.29 is 23.7 Å². The molecule has 0 saturated carbocycles. The fourth-order valence-corrected chi connectivity index (χ4v) is 5.06. The largest absolute Gasteiger partial charge is 0.497 e. The Morgan fingerprint density at radius 3 is 2.50 bits per heavy atom. The standard InChI is InChI=1S/C28H33N3O6.ClH/c1-34-21-16-23(28(33)35-2)22-4-6-27(32)31(24(22)17-21)12-11-30-9-7-20(8-10-30)29-18-19-3-5-25-26(15-19)37-14-13-36-25;/h3-6,15-17,20,29H,7-14,18H2,1-2H3;1H. The normalized spacial score (nSPS) is 15.6. The van der Waals surface area contributed by atoms with Crippen LogP contribution in [0.25, 0.3) is 10.9 Å². The monoisotopic (exact) mass is 543 g/mol. The number of nitrogens with one attached hydrogen (secondary N) is 1. The number of methoxy groups -OCH3 is 2. The van der Waals surface area contributed by atoms with Gasteiger partial charge >= 0.3 is 5.97 Å². The number of esters is 1. The van der Waals surface area contributed by atoms with Crippen LogP contribution in [0.5, 0.6) is 17.2 Å². The van der Waals surface area contributed by atoms with Crippen molar-refractivity contribution in [2.75, 3.05) is 47.1 Å². The highest BCUT2D eigenvalue weighted by Crippen LogP contribution is 2.31. The Hall–Kier alpha value is -3.27. The van der Waals surface area contributed by atoms with Gasteiger partial charge in [0.05, 0.1) is 25.3 Å². The fraction of sp³-hybridized carbons (Fsp3) is 0.429. The van der Waals surface area contributed by atoms with Gasteiger partial charge in [0.2, 0.25) is 0 Å². The van der Waals surface area contributed by atoms with Crippen LogP contribution in [0.4, 0.5) is 0 Å². The fourth-order valence-electron chi connectivity index (χ4n) is 5.06. The van der Waals surface area contributed by atoms with Crippen molar-refractivity contribution in [2.45, 2.75) is 32.0 Å². The van der Waals surface area contributed by atoms with Crippen LogP contribution in [0.2, 0.25) is 0 Å². The number of likely N-dealkylation sites (tertiary alicyclic amines) is 1. The summed E-state index contributed by atoms with van der Waals surface area (Å²) in [5, 5.41) is 4.35. The molecule has 204 valence electrons. The van der Waals surface area contributed by atoms with Crippen molar-refractivity contribution in [3.05, 3.63) is 63.9 Å². The minimum Gasteiger partial charge on any atom is -0.497 e. The molecule has 0 radical (unpaired) electrons. The molecular formula is C28H34ClN3O6. The molecule has 1 saturated heterocycles. The summed E-state index contributed by atoms with van der Waals surface area (Å²) in [6, 6.07) is 13.2. The van der Waals surface area contributed by atoms with Crippen LogP contribution in [0.3, 0.4) is 0 Å². The van der Waals surface area contributed by atoms with E-state index < -0.39 is 5.97 Å². The summed E-state index contributed by atoms with van der Waals surface area (Å²) in [5.41, 5.74) is 2.13. The van der Waals surface area contributed by atoms with Gasteiger partial charge in [0.25, 0.3) is 5.56 Å². The summed E-state index contributed by atoms with van der Waals surface area (Å²) in [4.78, 5) is 27.5. The maximum absolute atomic E-state index is 12.8. The van der Waals surface area contributed by atoms with Gasteiger partial charge in [-0.2, -0.15) is 0 Å². The zero-order chi connectivity index (χ0) is 25.8. The number of hydrogen-bond acceptors (Lipinski definition) is 8. The van der Waals surface area contributed by atoms with E-state index in [0.717, 1.165) is 50.5 Å². The number of piperidine rings is 1. The quantitative estimate of drug-likeness (QED) is 0.433. The second kappa shape index (κ2) is 12.5. The van der Waals surface area contributed by atoms with E-state index in [2.05, 4.69) is 22.3 Å². The maximum atomic E-state index is 12.8. The average Bonchev–Trinajstić information content (AvgIpc) is 2.94. The van der Waals surface area contributed by atoms with Crippen molar-refractivity contribution in [3.63, 3.8) is 0 Å². The lowest BCUT2D eigenvalue weighted by atomic mass is 10.0. The zero-order valence-electron chi connectivity index (χ0n) is 21.7. The minimum atomic E-state index is -0.458. The van der Waals surface area contributed by atoms with Crippen molar-refractivity contribution in [1.82, 2.24) is 14.8 Å². The van der Waals surface area contributed by atoms with Crippen LogP contribution < -0.4 is 25.1 Å². The van der Waals surface area contributed by atoms with Crippen LogP contribution in [-0.2, 0) is 17.8 Å². The molecule has 9 nitrogen and oxygen atoms in total.